The van der Waals surface area contributed by atoms with Crippen molar-refractivity contribution < 1.29 is 76.0 Å². The van der Waals surface area contributed by atoms with Gasteiger partial charge in [-0.2, -0.15) is 0 Å². The molecular weight excluding hydrogens is 1170 g/mol. The summed E-state index contributed by atoms with van der Waals surface area (Å²) in [7, 11) is 0. The minimum absolute atomic E-state index is 0.0342. The lowest BCUT2D eigenvalue weighted by atomic mass is 10.1. The predicted molar refractivity (Wildman–Crippen MR) is 324 cm³/mol. The number of terminal acetylenes is 1. The number of halogens is 2. The van der Waals surface area contributed by atoms with Crippen LogP contribution >= 0.6 is 0 Å². The first-order chi connectivity index (χ1) is 43.3. The molecule has 0 spiro atoms. The van der Waals surface area contributed by atoms with Crippen molar-refractivity contribution in [2.24, 2.45) is 0 Å². The number of nitrogens with zero attached hydrogens (tertiary/aromatic N) is 8. The first-order valence-corrected chi connectivity index (χ1v) is 30.4. The van der Waals surface area contributed by atoms with E-state index in [0.29, 0.717) is 134 Å². The molecule has 0 bridgehead atoms. The van der Waals surface area contributed by atoms with Gasteiger partial charge in [-0.3, -0.25) is 82.7 Å². The normalized spacial score (nSPS) is 17.6. The van der Waals surface area contributed by atoms with Crippen LogP contribution in [0.2, 0.25) is 0 Å². The Hall–Kier alpha value is -8.23. The first kappa shape index (κ1) is 70.9. The third kappa shape index (κ3) is 24.6. The fourth-order valence-electron chi connectivity index (χ4n) is 10.7. The van der Waals surface area contributed by atoms with Crippen LogP contribution in [0.25, 0.3) is 10.9 Å². The van der Waals surface area contributed by atoms with E-state index in [4.69, 9.17) is 20.6 Å². The molecule has 0 saturated carbocycles. The van der Waals surface area contributed by atoms with Crippen molar-refractivity contribution in [2.75, 3.05) is 138 Å². The number of benzene rings is 2. The summed E-state index contributed by atoms with van der Waals surface area (Å²) < 4.78 is 44.0. The van der Waals surface area contributed by atoms with Gasteiger partial charge in [0.2, 0.25) is 35.4 Å². The van der Waals surface area contributed by atoms with Gasteiger partial charge in [-0.25, -0.2) is 8.78 Å². The van der Waals surface area contributed by atoms with E-state index in [9.17, 15) is 61.8 Å². The third-order valence-corrected chi connectivity index (χ3v) is 15.8. The van der Waals surface area contributed by atoms with Crippen LogP contribution in [0.4, 0.5) is 8.78 Å². The highest BCUT2D eigenvalue weighted by Gasteiger charge is 2.46. The Bertz CT molecular complexity index is 2950. The zero-order valence-corrected chi connectivity index (χ0v) is 51.1. The Morgan fingerprint density at radius 1 is 0.744 bits per heavy atom. The number of ether oxygens (including phenoxy) is 3. The van der Waals surface area contributed by atoms with Crippen LogP contribution in [0.15, 0.2) is 54.7 Å². The van der Waals surface area contributed by atoms with Crippen LogP contribution in [-0.2, 0) is 59.0 Å². The molecule has 2 atom stereocenters. The number of nitrogens with one attached hydrogen (secondary N) is 4. The van der Waals surface area contributed by atoms with Gasteiger partial charge in [0.1, 0.15) is 31.7 Å². The molecule has 0 unspecified atom stereocenters. The fraction of sp³-hybridized carbons (Fsp3) is 0.565. The molecular formula is C62H84F2N12O14. The molecule has 3 aromatic rings. The third-order valence-electron chi connectivity index (χ3n) is 15.8. The molecule has 0 aliphatic carbocycles. The maximum atomic E-state index is 14.0. The van der Waals surface area contributed by atoms with Crippen molar-refractivity contribution in [3.05, 3.63) is 71.4 Å². The summed E-state index contributed by atoms with van der Waals surface area (Å²) in [5, 5.41) is 20.7. The van der Waals surface area contributed by atoms with E-state index in [1.165, 1.54) is 12.3 Å². The van der Waals surface area contributed by atoms with Crippen molar-refractivity contribution in [1.29, 1.82) is 0 Å². The van der Waals surface area contributed by atoms with E-state index in [0.717, 1.165) is 28.9 Å². The highest BCUT2D eigenvalue weighted by molar-refractivity contribution is 6.07. The number of carbonyl (C=O) groups excluding carboxylic acids is 9. The summed E-state index contributed by atoms with van der Waals surface area (Å²) >= 11 is 0. The Labute approximate surface area is 522 Å². The van der Waals surface area contributed by atoms with Crippen molar-refractivity contribution in [3.8, 4) is 18.1 Å². The molecule has 28 heteroatoms. The molecule has 7 amide bonds. The van der Waals surface area contributed by atoms with Crippen LogP contribution in [0.5, 0.6) is 5.75 Å². The molecule has 3 saturated heterocycles. The van der Waals surface area contributed by atoms with Gasteiger partial charge in [-0.15, -0.1) is 6.42 Å². The van der Waals surface area contributed by atoms with Crippen molar-refractivity contribution in [3.63, 3.8) is 0 Å². The SMILES string of the molecule is C#C[C@H]1CC(F)(F)CN1C(=O)CNC(=O)c1ccnc2ccc(OCCCCN3CCN(C(=O)CC(=O)NC(=O)[C@H](CCCCNC(=O)CCCc4ccc(C)cc4)NC(=O)CN4CCN(COC=O)CCN(COC=O)CCN(CC(=O)O)CC4)CC3)cc12. The standard InChI is InChI=1S/C62H84F2N12O14/c1-3-48-37-62(63,64)41-76(48)58(83)38-67-60(86)50-18-20-65-52-17-16-49(35-51(50)52)90-34-7-6-21-70-30-32-75(33-31-70)57(82)36-55(80)69-61(87)53(10-4-5-19-66-54(79)11-8-9-47-14-12-46(2)13-15-47)68-56(81)39-71-22-23-72(40-59(84)85)25-27-74(43-89-45-78)29-28-73(26-24-71)42-88-44-77/h1,12-18,20,35,44-45,48,53H,4-11,19,21-34,36-43H2,2H3,(H,66,79)(H,67,86)(H,68,81)(H,84,85)(H,69,80,87)/t48-,53-/m0/s1. The molecule has 490 valence electrons. The van der Waals surface area contributed by atoms with Gasteiger partial charge >= 0.3 is 5.97 Å². The van der Waals surface area contributed by atoms with Crippen LogP contribution in [0, 0.1) is 19.3 Å². The molecule has 26 nitrogen and oxygen atoms in total. The van der Waals surface area contributed by atoms with E-state index >= 15 is 0 Å². The highest BCUT2D eigenvalue weighted by Crippen LogP contribution is 2.32. The summed E-state index contributed by atoms with van der Waals surface area (Å²) in [6.07, 6.45) is 9.63. The first-order valence-electron chi connectivity index (χ1n) is 30.4. The molecule has 90 heavy (non-hydrogen) atoms. The number of fused-ring (bicyclic) bond motifs is 1. The number of aromatic nitrogens is 1. The topological polar surface area (TPSA) is 302 Å². The van der Waals surface area contributed by atoms with Gasteiger partial charge in [-0.1, -0.05) is 35.7 Å². The number of carboxylic acid groups (broad SMARTS) is 1. The monoisotopic (exact) mass is 1260 g/mol. The summed E-state index contributed by atoms with van der Waals surface area (Å²) in [4.78, 5) is 143. The molecule has 3 aliphatic heterocycles. The number of hydrogen-bond acceptors (Lipinski definition) is 19. The second-order valence-electron chi connectivity index (χ2n) is 22.6. The van der Waals surface area contributed by atoms with Gasteiger partial charge in [0, 0.05) is 110 Å². The molecule has 5 N–H and O–H groups in total. The zero-order chi connectivity index (χ0) is 64.8. The quantitative estimate of drug-likeness (QED) is 0.0250. The number of likely N-dealkylation sites (tertiary alicyclic amines) is 1. The van der Waals surface area contributed by atoms with E-state index in [1.54, 1.807) is 32.9 Å². The number of imide groups is 1. The minimum atomic E-state index is -3.11. The number of piperazine rings is 1. The summed E-state index contributed by atoms with van der Waals surface area (Å²) in [5.74, 6) is -5.61. The van der Waals surface area contributed by atoms with Crippen molar-refractivity contribution >= 4 is 71.2 Å². The van der Waals surface area contributed by atoms with Crippen LogP contribution in [0.1, 0.15) is 79.3 Å². The number of carboxylic acids is 1. The van der Waals surface area contributed by atoms with Crippen molar-refractivity contribution in [1.82, 2.24) is 60.6 Å². The summed E-state index contributed by atoms with van der Waals surface area (Å²) in [5.41, 5.74) is 3.00. The number of alkyl halides is 2. The molecule has 6 rings (SSSR count). The number of aryl methyl sites for hydroxylation is 2. The number of rotatable bonds is 32. The van der Waals surface area contributed by atoms with Gasteiger partial charge in [0.25, 0.3) is 24.8 Å². The van der Waals surface area contributed by atoms with E-state index in [-0.39, 0.29) is 70.6 Å². The lowest BCUT2D eigenvalue weighted by molar-refractivity contribution is -0.140. The average molecular weight is 1260 g/mol. The Morgan fingerprint density at radius 2 is 1.39 bits per heavy atom. The molecule has 0 radical (unpaired) electrons. The van der Waals surface area contributed by atoms with Gasteiger partial charge in [0.15, 0.2) is 0 Å². The predicted octanol–water partition coefficient (Wildman–Crippen LogP) is 0.840. The summed E-state index contributed by atoms with van der Waals surface area (Å²) in [6.45, 7) is 6.16. The van der Waals surface area contributed by atoms with Crippen LogP contribution in [0.3, 0.4) is 0 Å². The van der Waals surface area contributed by atoms with E-state index in [2.05, 4.69) is 37.1 Å². The zero-order valence-electron chi connectivity index (χ0n) is 51.1. The number of aliphatic carboxylic acids is 1. The molecule has 1 aromatic heterocycles. The average Bonchev–Trinajstić information content (AvgIpc) is 3.99. The second kappa shape index (κ2) is 37.1. The van der Waals surface area contributed by atoms with E-state index in [1.807, 2.05) is 41.0 Å². The van der Waals surface area contributed by atoms with Gasteiger partial charge in [-0.05, 0) is 88.2 Å². The summed E-state index contributed by atoms with van der Waals surface area (Å²) in [6, 6.07) is 12.4. The smallest absolute Gasteiger partial charge is 0.317 e. The lowest BCUT2D eigenvalue weighted by Crippen LogP contribution is -2.53. The molecule has 3 fully saturated rings. The largest absolute Gasteiger partial charge is 0.494 e. The van der Waals surface area contributed by atoms with E-state index < -0.39 is 85.3 Å². The lowest BCUT2D eigenvalue weighted by Gasteiger charge is -2.34. The van der Waals surface area contributed by atoms with Crippen LogP contribution < -0.4 is 26.0 Å². The maximum Gasteiger partial charge on any atom is 0.317 e. The highest BCUT2D eigenvalue weighted by atomic mass is 19.3. The second-order valence-corrected chi connectivity index (χ2v) is 22.6. The number of amides is 7. The number of carbonyl (C=O) groups is 10. The number of pyridine rings is 1. The van der Waals surface area contributed by atoms with Crippen LogP contribution in [-0.4, -0.2) is 261 Å². The molecule has 4 heterocycles. The van der Waals surface area contributed by atoms with Gasteiger partial charge < -0.3 is 45.1 Å². The number of unbranched alkanes of at least 4 members (excludes halogenated alkanes) is 2. The van der Waals surface area contributed by atoms with Crippen molar-refractivity contribution in [2.45, 2.75) is 89.1 Å². The number of hydrogen-bond donors (Lipinski definition) is 5. The maximum absolute atomic E-state index is 14.0. The van der Waals surface area contributed by atoms with Gasteiger partial charge in [0.05, 0.1) is 49.9 Å². The minimum Gasteiger partial charge on any atom is -0.494 e. The Morgan fingerprint density at radius 3 is 2.03 bits per heavy atom. The molecule has 2 aromatic carbocycles. The molecule has 3 aliphatic rings. The fourth-order valence-corrected chi connectivity index (χ4v) is 10.7. The Kier molecular flexibility index (Phi) is 29.2. The Balaban J connectivity index is 0.966.